The minimum absolute atomic E-state index is 0.0198. The summed E-state index contributed by atoms with van der Waals surface area (Å²) in [5.41, 5.74) is 0.158. The number of methoxy groups -OCH3 is 1. The maximum Gasteiger partial charge on any atom is 0.338 e. The van der Waals surface area contributed by atoms with Crippen LogP contribution in [0.4, 0.5) is 0 Å². The van der Waals surface area contributed by atoms with Gasteiger partial charge in [0, 0.05) is 27.2 Å². The number of esters is 1. The Morgan fingerprint density at radius 2 is 1.79 bits per heavy atom. The lowest BCUT2D eigenvalue weighted by Crippen LogP contribution is -2.35. The van der Waals surface area contributed by atoms with Crippen molar-refractivity contribution in [3.63, 3.8) is 0 Å². The molecule has 0 spiro atoms. The van der Waals surface area contributed by atoms with Crippen molar-refractivity contribution in [2.75, 3.05) is 34.4 Å². The molecule has 0 heterocycles. The first kappa shape index (κ1) is 20.1. The standard InChI is InChI=1S/C15H22N2O6S/c1-11(9-22-4)16-24(20,21)13-7-5-12(6-8-13)15(19)23-10-14(18)17(2)3/h5-8,11,16H,9-10H2,1-4H3/t11-/m0/s1. The van der Waals surface area contributed by atoms with Crippen molar-refractivity contribution in [3.05, 3.63) is 29.8 Å². The molecule has 9 heteroatoms. The van der Waals surface area contributed by atoms with Crippen molar-refractivity contribution in [3.8, 4) is 0 Å². The average molecular weight is 358 g/mol. The molecule has 0 saturated carbocycles. The molecule has 1 N–H and O–H groups in total. The zero-order valence-electron chi connectivity index (χ0n) is 14.1. The lowest BCUT2D eigenvalue weighted by Gasteiger charge is -2.13. The predicted octanol–water partition coefficient (Wildman–Crippen LogP) is 0.245. The monoisotopic (exact) mass is 358 g/mol. The summed E-state index contributed by atoms with van der Waals surface area (Å²) >= 11 is 0. The smallest absolute Gasteiger partial charge is 0.338 e. The molecule has 134 valence electrons. The van der Waals surface area contributed by atoms with E-state index >= 15 is 0 Å². The van der Waals surface area contributed by atoms with E-state index in [1.807, 2.05) is 0 Å². The van der Waals surface area contributed by atoms with Crippen LogP contribution in [0.5, 0.6) is 0 Å². The van der Waals surface area contributed by atoms with Gasteiger partial charge in [-0.2, -0.15) is 0 Å². The van der Waals surface area contributed by atoms with Gasteiger partial charge in [-0.05, 0) is 31.2 Å². The van der Waals surface area contributed by atoms with Gasteiger partial charge in [0.25, 0.3) is 5.91 Å². The molecule has 0 fully saturated rings. The second-order valence-corrected chi connectivity index (χ2v) is 7.08. The number of likely N-dealkylation sites (N-methyl/N-ethyl adjacent to an activating group) is 1. The first-order valence-corrected chi connectivity index (χ1v) is 8.64. The molecular weight excluding hydrogens is 336 g/mol. The highest BCUT2D eigenvalue weighted by atomic mass is 32.2. The molecule has 0 saturated heterocycles. The molecule has 1 atom stereocenters. The predicted molar refractivity (Wildman–Crippen MR) is 87.1 cm³/mol. The number of amides is 1. The number of carbonyl (C=O) groups excluding carboxylic acids is 2. The SMILES string of the molecule is COC[C@H](C)NS(=O)(=O)c1ccc(C(=O)OCC(=O)N(C)C)cc1. The van der Waals surface area contributed by atoms with Gasteiger partial charge in [0.1, 0.15) is 0 Å². The van der Waals surface area contributed by atoms with Crippen molar-refractivity contribution in [2.24, 2.45) is 0 Å². The molecule has 8 nitrogen and oxygen atoms in total. The molecule has 0 aromatic heterocycles. The first-order chi connectivity index (χ1) is 11.2. The summed E-state index contributed by atoms with van der Waals surface area (Å²) in [5.74, 6) is -1.05. The highest BCUT2D eigenvalue weighted by Crippen LogP contribution is 2.12. The third-order valence-electron chi connectivity index (χ3n) is 3.00. The van der Waals surface area contributed by atoms with Crippen LogP contribution in [0.15, 0.2) is 29.2 Å². The Morgan fingerprint density at radius 1 is 1.21 bits per heavy atom. The molecule has 1 rings (SSSR count). The van der Waals surface area contributed by atoms with Crippen LogP contribution in [0.25, 0.3) is 0 Å². The maximum absolute atomic E-state index is 12.2. The van der Waals surface area contributed by atoms with Crippen LogP contribution in [0, 0.1) is 0 Å². The number of nitrogens with zero attached hydrogens (tertiary/aromatic N) is 1. The van der Waals surface area contributed by atoms with Crippen LogP contribution in [0.2, 0.25) is 0 Å². The number of benzene rings is 1. The van der Waals surface area contributed by atoms with Crippen molar-refractivity contribution >= 4 is 21.9 Å². The Balaban J connectivity index is 2.74. The van der Waals surface area contributed by atoms with Crippen LogP contribution < -0.4 is 4.72 Å². The van der Waals surface area contributed by atoms with Crippen molar-refractivity contribution < 1.29 is 27.5 Å². The van der Waals surface area contributed by atoms with Crippen molar-refractivity contribution in [1.29, 1.82) is 0 Å². The van der Waals surface area contributed by atoms with Crippen molar-refractivity contribution in [1.82, 2.24) is 9.62 Å². The van der Waals surface area contributed by atoms with Gasteiger partial charge in [0.05, 0.1) is 17.1 Å². The Kier molecular flexibility index (Phi) is 7.33. The van der Waals surface area contributed by atoms with Crippen LogP contribution in [0.3, 0.4) is 0 Å². The number of carbonyl (C=O) groups is 2. The normalized spacial score (nSPS) is 12.5. The minimum atomic E-state index is -3.70. The Labute approximate surface area is 141 Å². The molecule has 0 aliphatic heterocycles. The van der Waals surface area contributed by atoms with E-state index in [-0.39, 0.29) is 35.6 Å². The molecule has 0 aliphatic rings. The van der Waals surface area contributed by atoms with Crippen LogP contribution in [-0.4, -0.2) is 65.7 Å². The lowest BCUT2D eigenvalue weighted by molar-refractivity contribution is -0.131. The summed E-state index contributed by atoms with van der Waals surface area (Å²) in [6.45, 7) is 1.54. The van der Waals surface area contributed by atoms with Gasteiger partial charge >= 0.3 is 5.97 Å². The molecule has 1 aromatic rings. The van der Waals surface area contributed by atoms with E-state index < -0.39 is 16.0 Å². The number of rotatable bonds is 8. The highest BCUT2D eigenvalue weighted by Gasteiger charge is 2.18. The van der Waals surface area contributed by atoms with E-state index in [0.29, 0.717) is 0 Å². The van der Waals surface area contributed by atoms with Gasteiger partial charge in [-0.1, -0.05) is 0 Å². The Hall–Kier alpha value is -1.97. The van der Waals surface area contributed by atoms with Crippen molar-refractivity contribution in [2.45, 2.75) is 17.9 Å². The third kappa shape index (κ3) is 5.91. The van der Waals surface area contributed by atoms with Crippen LogP contribution in [-0.2, 0) is 24.3 Å². The van der Waals surface area contributed by atoms with Gasteiger partial charge in [-0.15, -0.1) is 0 Å². The third-order valence-corrected chi connectivity index (χ3v) is 4.60. The quantitative estimate of drug-likeness (QED) is 0.668. The van der Waals surface area contributed by atoms with Crippen LogP contribution >= 0.6 is 0 Å². The highest BCUT2D eigenvalue weighted by molar-refractivity contribution is 7.89. The summed E-state index contributed by atoms with van der Waals surface area (Å²) in [4.78, 5) is 24.5. The van der Waals surface area contributed by atoms with Crippen LogP contribution in [0.1, 0.15) is 17.3 Å². The van der Waals surface area contributed by atoms with Gasteiger partial charge < -0.3 is 14.4 Å². The van der Waals surface area contributed by atoms with Gasteiger partial charge in [-0.25, -0.2) is 17.9 Å². The largest absolute Gasteiger partial charge is 0.452 e. The Morgan fingerprint density at radius 3 is 2.29 bits per heavy atom. The topological polar surface area (TPSA) is 102 Å². The molecule has 1 amide bonds. The summed E-state index contributed by atoms with van der Waals surface area (Å²) in [6.07, 6.45) is 0. The van der Waals surface area contributed by atoms with Gasteiger partial charge in [0.15, 0.2) is 6.61 Å². The summed E-state index contributed by atoms with van der Waals surface area (Å²) < 4.78 is 36.5. The fourth-order valence-electron chi connectivity index (χ4n) is 1.73. The zero-order valence-corrected chi connectivity index (χ0v) is 14.9. The maximum atomic E-state index is 12.2. The van der Waals surface area contributed by atoms with E-state index in [4.69, 9.17) is 9.47 Å². The summed E-state index contributed by atoms with van der Waals surface area (Å²) in [7, 11) is 0.872. The van der Waals surface area contributed by atoms with Gasteiger partial charge in [-0.3, -0.25) is 4.79 Å². The second kappa shape index (κ2) is 8.76. The molecule has 0 radical (unpaired) electrons. The minimum Gasteiger partial charge on any atom is -0.452 e. The first-order valence-electron chi connectivity index (χ1n) is 7.16. The number of nitrogens with one attached hydrogen (secondary N) is 1. The molecule has 1 aromatic carbocycles. The van der Waals surface area contributed by atoms with Gasteiger partial charge in [0.2, 0.25) is 10.0 Å². The lowest BCUT2D eigenvalue weighted by atomic mass is 10.2. The number of hydrogen-bond donors (Lipinski definition) is 1. The zero-order chi connectivity index (χ0) is 18.3. The molecule has 0 aliphatic carbocycles. The summed E-state index contributed by atoms with van der Waals surface area (Å²) in [5, 5.41) is 0. The molecule has 24 heavy (non-hydrogen) atoms. The van der Waals surface area contributed by atoms with E-state index in [1.54, 1.807) is 21.0 Å². The van der Waals surface area contributed by atoms with E-state index in [1.165, 1.54) is 36.3 Å². The van der Waals surface area contributed by atoms with E-state index in [2.05, 4.69) is 4.72 Å². The second-order valence-electron chi connectivity index (χ2n) is 5.37. The summed E-state index contributed by atoms with van der Waals surface area (Å²) in [6, 6.07) is 4.87. The average Bonchev–Trinajstić information content (AvgIpc) is 2.51. The number of sulfonamides is 1. The fourth-order valence-corrected chi connectivity index (χ4v) is 2.96. The fraction of sp³-hybridized carbons (Fsp3) is 0.467. The molecule has 0 unspecified atom stereocenters. The molecule has 0 bridgehead atoms. The van der Waals surface area contributed by atoms with E-state index in [9.17, 15) is 18.0 Å². The number of ether oxygens (including phenoxy) is 2. The Bertz CT molecular complexity index is 670. The van der Waals surface area contributed by atoms with E-state index in [0.717, 1.165) is 0 Å². The number of hydrogen-bond acceptors (Lipinski definition) is 6. The molecular formula is C15H22N2O6S.